The molecule has 0 aromatic heterocycles. The SMILES string of the molecule is CNC(=O)[C@@H](Cc1ccccc1)N(Cc1ccc(C)cc1)C(=O)CN(c1cccc(C)c1C)S(=O)(=O)c1ccc(C)cc1. The number of nitrogens with one attached hydrogen (secondary N) is 1. The molecule has 1 atom stereocenters. The summed E-state index contributed by atoms with van der Waals surface area (Å²) in [5, 5.41) is 2.71. The zero-order chi connectivity index (χ0) is 31.1. The van der Waals surface area contributed by atoms with Gasteiger partial charge >= 0.3 is 0 Å². The van der Waals surface area contributed by atoms with E-state index in [2.05, 4.69) is 5.32 Å². The first kappa shape index (κ1) is 31.5. The van der Waals surface area contributed by atoms with Crippen LogP contribution in [0.15, 0.2) is 102 Å². The van der Waals surface area contributed by atoms with Crippen molar-refractivity contribution in [2.24, 2.45) is 0 Å². The highest BCUT2D eigenvalue weighted by Crippen LogP contribution is 2.29. The second-order valence-corrected chi connectivity index (χ2v) is 12.7. The lowest BCUT2D eigenvalue weighted by Gasteiger charge is -2.34. The second kappa shape index (κ2) is 13.7. The number of hydrogen-bond acceptors (Lipinski definition) is 4. The maximum atomic E-state index is 14.4. The summed E-state index contributed by atoms with van der Waals surface area (Å²) in [5.41, 5.74) is 5.79. The van der Waals surface area contributed by atoms with Crippen molar-refractivity contribution < 1.29 is 18.0 Å². The number of anilines is 1. The molecule has 1 N–H and O–H groups in total. The summed E-state index contributed by atoms with van der Waals surface area (Å²) >= 11 is 0. The number of aryl methyl sites for hydroxylation is 3. The first-order chi connectivity index (χ1) is 20.5. The number of likely N-dealkylation sites (N-methyl/N-ethyl adjacent to an activating group) is 1. The molecule has 4 rings (SSSR count). The van der Waals surface area contributed by atoms with E-state index in [0.29, 0.717) is 5.69 Å². The summed E-state index contributed by atoms with van der Waals surface area (Å²) in [7, 11) is -2.60. The summed E-state index contributed by atoms with van der Waals surface area (Å²) in [4.78, 5) is 29.4. The molecule has 0 saturated carbocycles. The molecule has 4 aromatic rings. The highest BCUT2D eigenvalue weighted by Gasteiger charge is 2.34. The molecule has 8 heteroatoms. The van der Waals surface area contributed by atoms with E-state index in [4.69, 9.17) is 0 Å². The van der Waals surface area contributed by atoms with Crippen LogP contribution in [-0.2, 0) is 32.6 Å². The molecule has 0 heterocycles. The number of rotatable bonds is 11. The Balaban J connectivity index is 1.81. The van der Waals surface area contributed by atoms with Crippen LogP contribution in [0.2, 0.25) is 0 Å². The molecular weight excluding hydrogens is 558 g/mol. The van der Waals surface area contributed by atoms with Gasteiger partial charge in [0.1, 0.15) is 12.6 Å². The Morgan fingerprint density at radius 2 is 1.35 bits per heavy atom. The minimum Gasteiger partial charge on any atom is -0.357 e. The zero-order valence-electron chi connectivity index (χ0n) is 25.4. The molecule has 4 aromatic carbocycles. The van der Waals surface area contributed by atoms with Crippen LogP contribution in [0, 0.1) is 27.7 Å². The Bertz CT molecular complexity index is 1670. The highest BCUT2D eigenvalue weighted by atomic mass is 32.2. The lowest BCUT2D eigenvalue weighted by Crippen LogP contribution is -2.53. The molecule has 0 aliphatic rings. The number of hydrogen-bond donors (Lipinski definition) is 1. The summed E-state index contributed by atoms with van der Waals surface area (Å²) in [6, 6.07) is 28.4. The van der Waals surface area contributed by atoms with E-state index in [1.807, 2.05) is 88.4 Å². The zero-order valence-corrected chi connectivity index (χ0v) is 26.2. The average Bonchev–Trinajstić information content (AvgIpc) is 3.00. The lowest BCUT2D eigenvalue weighted by atomic mass is 10.0. The molecular formula is C35H39N3O4S. The fourth-order valence-electron chi connectivity index (χ4n) is 4.97. The van der Waals surface area contributed by atoms with Crippen LogP contribution in [0.4, 0.5) is 5.69 Å². The van der Waals surface area contributed by atoms with Gasteiger partial charge < -0.3 is 10.2 Å². The smallest absolute Gasteiger partial charge is 0.264 e. The number of carbonyl (C=O) groups excluding carboxylic acids is 2. The molecule has 43 heavy (non-hydrogen) atoms. The first-order valence-corrected chi connectivity index (χ1v) is 15.7. The molecule has 2 amide bonds. The van der Waals surface area contributed by atoms with Gasteiger partial charge in [-0.2, -0.15) is 0 Å². The maximum absolute atomic E-state index is 14.4. The van der Waals surface area contributed by atoms with Crippen molar-refractivity contribution in [2.45, 2.75) is 51.6 Å². The molecule has 0 aliphatic carbocycles. The topological polar surface area (TPSA) is 86.8 Å². The molecule has 0 saturated heterocycles. The van der Waals surface area contributed by atoms with Crippen molar-refractivity contribution in [3.05, 3.63) is 130 Å². The highest BCUT2D eigenvalue weighted by molar-refractivity contribution is 7.92. The third-order valence-electron chi connectivity index (χ3n) is 7.72. The fraction of sp³-hybridized carbons (Fsp3) is 0.257. The van der Waals surface area contributed by atoms with Gasteiger partial charge in [-0.1, -0.05) is 90.0 Å². The van der Waals surface area contributed by atoms with Crippen molar-refractivity contribution >= 4 is 27.5 Å². The van der Waals surface area contributed by atoms with Crippen LogP contribution < -0.4 is 9.62 Å². The standard InChI is InChI=1S/C35H39N3O4S/c1-25-14-18-30(19-15-25)23-37(33(35(40)36-5)22-29-11-7-6-8-12-29)34(39)24-38(32-13-9-10-27(3)28(32)4)43(41,42)31-20-16-26(2)17-21-31/h6-21,33H,22-24H2,1-5H3,(H,36,40)/t33-/m1/s1. The van der Waals surface area contributed by atoms with Gasteiger partial charge in [0, 0.05) is 20.0 Å². The van der Waals surface area contributed by atoms with Gasteiger partial charge in [0.15, 0.2) is 0 Å². The van der Waals surface area contributed by atoms with E-state index in [1.165, 1.54) is 9.21 Å². The summed E-state index contributed by atoms with van der Waals surface area (Å²) in [6.45, 7) is 7.27. The minimum absolute atomic E-state index is 0.0871. The average molecular weight is 598 g/mol. The Labute approximate surface area is 255 Å². The third-order valence-corrected chi connectivity index (χ3v) is 9.50. The molecule has 0 unspecified atom stereocenters. The predicted octanol–water partition coefficient (Wildman–Crippen LogP) is 5.50. The van der Waals surface area contributed by atoms with E-state index < -0.39 is 28.5 Å². The number of nitrogens with zero attached hydrogens (tertiary/aromatic N) is 2. The van der Waals surface area contributed by atoms with Gasteiger partial charge in [0.25, 0.3) is 10.0 Å². The van der Waals surface area contributed by atoms with E-state index >= 15 is 0 Å². The van der Waals surface area contributed by atoms with E-state index in [-0.39, 0.29) is 23.8 Å². The number of carbonyl (C=O) groups is 2. The molecule has 0 bridgehead atoms. The van der Waals surface area contributed by atoms with Gasteiger partial charge in [-0.25, -0.2) is 8.42 Å². The Kier molecular flexibility index (Phi) is 10.0. The molecule has 0 fully saturated rings. The number of benzene rings is 4. The van der Waals surface area contributed by atoms with Gasteiger partial charge in [-0.3, -0.25) is 13.9 Å². The molecule has 0 spiro atoms. The summed E-state index contributed by atoms with van der Waals surface area (Å²) in [5.74, 6) is -0.814. The van der Waals surface area contributed by atoms with Gasteiger partial charge in [0.05, 0.1) is 10.6 Å². The Morgan fingerprint density at radius 3 is 1.95 bits per heavy atom. The van der Waals surface area contributed by atoms with Crippen molar-refractivity contribution in [3.63, 3.8) is 0 Å². The van der Waals surface area contributed by atoms with E-state index in [9.17, 15) is 18.0 Å². The van der Waals surface area contributed by atoms with Gasteiger partial charge in [-0.15, -0.1) is 0 Å². The Morgan fingerprint density at radius 1 is 0.744 bits per heavy atom. The van der Waals surface area contributed by atoms with Gasteiger partial charge in [-0.05, 0) is 68.1 Å². The van der Waals surface area contributed by atoms with Gasteiger partial charge in [0.2, 0.25) is 11.8 Å². The van der Waals surface area contributed by atoms with Crippen LogP contribution in [0.25, 0.3) is 0 Å². The monoisotopic (exact) mass is 597 g/mol. The number of amides is 2. The van der Waals surface area contributed by atoms with Crippen LogP contribution in [0.5, 0.6) is 0 Å². The van der Waals surface area contributed by atoms with Crippen LogP contribution in [0.3, 0.4) is 0 Å². The molecule has 0 aliphatic heterocycles. The van der Waals surface area contributed by atoms with Crippen molar-refractivity contribution in [1.82, 2.24) is 10.2 Å². The molecule has 224 valence electrons. The lowest BCUT2D eigenvalue weighted by molar-refractivity contribution is -0.139. The fourth-order valence-corrected chi connectivity index (χ4v) is 6.44. The van der Waals surface area contributed by atoms with Crippen molar-refractivity contribution in [2.75, 3.05) is 17.9 Å². The largest absolute Gasteiger partial charge is 0.357 e. The van der Waals surface area contributed by atoms with Crippen LogP contribution >= 0.6 is 0 Å². The van der Waals surface area contributed by atoms with Crippen LogP contribution in [0.1, 0.15) is 33.4 Å². The van der Waals surface area contributed by atoms with E-state index in [1.54, 1.807) is 43.4 Å². The van der Waals surface area contributed by atoms with Crippen molar-refractivity contribution in [3.8, 4) is 0 Å². The van der Waals surface area contributed by atoms with E-state index in [0.717, 1.165) is 33.4 Å². The quantitative estimate of drug-likeness (QED) is 0.247. The molecule has 7 nitrogen and oxygen atoms in total. The normalized spacial score (nSPS) is 11.9. The Hall–Kier alpha value is -4.43. The maximum Gasteiger partial charge on any atom is 0.264 e. The summed E-state index contributed by atoms with van der Waals surface area (Å²) < 4.78 is 29.6. The number of sulfonamides is 1. The summed E-state index contributed by atoms with van der Waals surface area (Å²) in [6.07, 6.45) is 0.270. The van der Waals surface area contributed by atoms with Crippen molar-refractivity contribution in [1.29, 1.82) is 0 Å². The second-order valence-electron chi connectivity index (χ2n) is 10.9. The molecule has 0 radical (unpaired) electrons. The van der Waals surface area contributed by atoms with Crippen LogP contribution in [-0.4, -0.2) is 44.8 Å². The minimum atomic E-state index is -4.14. The first-order valence-electron chi connectivity index (χ1n) is 14.3. The third kappa shape index (κ3) is 7.51. The predicted molar refractivity (Wildman–Crippen MR) is 171 cm³/mol.